The van der Waals surface area contributed by atoms with Gasteiger partial charge in [-0.25, -0.2) is 93.5 Å². The Bertz CT molecular complexity index is 1250. The minimum Gasteiger partial charge on any atom is -0.409 e. The molecule has 1 aliphatic carbocycles. The zero-order valence-electron chi connectivity index (χ0n) is 19.6. The summed E-state index contributed by atoms with van der Waals surface area (Å²) in [7, 11) is 0. The van der Waals surface area contributed by atoms with E-state index >= 15 is 0 Å². The Morgan fingerprint density at radius 3 is 1.61 bits per heavy atom. The smallest absolute Gasteiger partial charge is 0 e. The van der Waals surface area contributed by atoms with Crippen LogP contribution in [0.15, 0.2) is 95.8 Å². The van der Waals surface area contributed by atoms with E-state index in [1.54, 1.807) is 22.7 Å². The molecule has 0 spiro atoms. The number of benzene rings is 2. The maximum Gasteiger partial charge on any atom is 0 e. The molecule has 0 amide bonds. The molecule has 1 aliphatic rings. The van der Waals surface area contributed by atoms with Gasteiger partial charge in [0.25, 0.3) is 0 Å². The predicted octanol–water partition coefficient (Wildman–Crippen LogP) is 8.36. The molecule has 4 radical (unpaired) electrons. The number of aromatic nitrogens is 1. The molecule has 0 fully saturated rings. The van der Waals surface area contributed by atoms with Crippen LogP contribution in [-0.4, -0.2) is 4.98 Å². The molecule has 168 valence electrons. The molecule has 36 heavy (non-hydrogen) atoms. The Hall–Kier alpha value is 1.02. The topological polar surface area (TPSA) is 15.8 Å². The fourth-order valence-electron chi connectivity index (χ4n) is 3.40. The van der Waals surface area contributed by atoms with Crippen LogP contribution in [0.1, 0.15) is 12.0 Å². The molecule has 5 aromatic rings. The molecular formula is C29H19NS2Y4-4. The van der Waals surface area contributed by atoms with Crippen LogP contribution in [0.25, 0.3) is 37.7 Å². The number of rotatable bonds is 4. The molecule has 0 bridgehead atoms. The SMILES string of the molecule is [Y].[Y].[Y].[Y].[c-]1cc(-c2ccc[nH]2)[c-]cc1C1=CC=CC1.[c-]1cc(-c2cccs2)[c-]cc1-c1cccs1. The van der Waals surface area contributed by atoms with E-state index in [1.807, 2.05) is 42.6 Å². The Morgan fingerprint density at radius 1 is 0.639 bits per heavy atom. The Morgan fingerprint density at radius 2 is 1.19 bits per heavy atom. The largest absolute Gasteiger partial charge is 0.409 e. The summed E-state index contributed by atoms with van der Waals surface area (Å²) in [5.41, 5.74) is 6.84. The number of nitrogens with one attached hydrogen (secondary N) is 1. The molecular weight excluding hydrogens is 782 g/mol. The van der Waals surface area contributed by atoms with Gasteiger partial charge in [-0.05, 0) is 17.0 Å². The molecule has 0 aliphatic heterocycles. The van der Waals surface area contributed by atoms with Crippen LogP contribution in [0.2, 0.25) is 0 Å². The zero-order chi connectivity index (χ0) is 21.6. The number of allylic oxidation sites excluding steroid dienone is 4. The fraction of sp³-hybridized carbons (Fsp3) is 0.0345. The van der Waals surface area contributed by atoms with Crippen molar-refractivity contribution in [2.45, 2.75) is 6.42 Å². The predicted molar refractivity (Wildman–Crippen MR) is 136 cm³/mol. The molecule has 1 N–H and O–H groups in total. The molecule has 3 heterocycles. The van der Waals surface area contributed by atoms with Crippen LogP contribution >= 0.6 is 22.7 Å². The molecule has 0 atom stereocenters. The zero-order valence-corrected chi connectivity index (χ0v) is 32.6. The summed E-state index contributed by atoms with van der Waals surface area (Å²) in [5, 5.41) is 4.16. The summed E-state index contributed by atoms with van der Waals surface area (Å²) in [6, 6.07) is 33.6. The standard InChI is InChI=1S/C15H11N.C14H8S2.4Y/c1-2-5-12(4-1)13-7-9-14(10-8-13)15-6-3-11-16-15;1-3-13(15-9-1)11-5-7-12(8-6-11)14-4-2-10-16-14;;;;/h1-4,6-7,10-11,16H,5H2;1-5,8-10H;;;;/q2*-2;;;;. The Balaban J connectivity index is 0.000000324. The average Bonchev–Trinajstić information content (AvgIpc) is 3.69. The number of hydrogen-bond donors (Lipinski definition) is 1. The summed E-state index contributed by atoms with van der Waals surface area (Å²) in [5.74, 6) is 0. The summed E-state index contributed by atoms with van der Waals surface area (Å²) in [6.45, 7) is 0. The average molecular weight is 801 g/mol. The van der Waals surface area contributed by atoms with Gasteiger partial charge < -0.3 is 4.98 Å². The monoisotopic (exact) mass is 801 g/mol. The molecule has 2 aromatic carbocycles. The number of thiophene rings is 2. The van der Waals surface area contributed by atoms with Gasteiger partial charge in [-0.15, -0.1) is 6.08 Å². The first-order valence-corrected chi connectivity index (χ1v) is 12.1. The number of aromatic amines is 1. The summed E-state index contributed by atoms with van der Waals surface area (Å²) < 4.78 is 0. The van der Waals surface area contributed by atoms with E-state index in [4.69, 9.17) is 0 Å². The van der Waals surface area contributed by atoms with Crippen LogP contribution in [0.4, 0.5) is 0 Å². The van der Waals surface area contributed by atoms with E-state index in [9.17, 15) is 0 Å². The van der Waals surface area contributed by atoms with Crippen molar-refractivity contribution in [2.24, 2.45) is 0 Å². The first-order valence-electron chi connectivity index (χ1n) is 10.3. The van der Waals surface area contributed by atoms with Gasteiger partial charge in [0.1, 0.15) is 0 Å². The van der Waals surface area contributed by atoms with Crippen LogP contribution < -0.4 is 0 Å². The quantitative estimate of drug-likeness (QED) is 0.176. The van der Waals surface area contributed by atoms with E-state index in [-0.39, 0.29) is 131 Å². The van der Waals surface area contributed by atoms with Crippen LogP contribution in [0.5, 0.6) is 0 Å². The van der Waals surface area contributed by atoms with Gasteiger partial charge >= 0.3 is 0 Å². The van der Waals surface area contributed by atoms with Gasteiger partial charge in [-0.1, -0.05) is 70.4 Å². The first kappa shape index (κ1) is 35.0. The minimum atomic E-state index is 0. The summed E-state index contributed by atoms with van der Waals surface area (Å²) >= 11 is 3.46. The van der Waals surface area contributed by atoms with Crippen molar-refractivity contribution in [1.82, 2.24) is 4.98 Å². The third-order valence-electron chi connectivity index (χ3n) is 5.07. The van der Waals surface area contributed by atoms with Gasteiger partial charge in [-0.3, -0.25) is 0 Å². The first-order chi connectivity index (χ1) is 15.9. The van der Waals surface area contributed by atoms with Crippen molar-refractivity contribution in [1.29, 1.82) is 0 Å². The van der Waals surface area contributed by atoms with Crippen molar-refractivity contribution in [2.75, 3.05) is 0 Å². The second-order valence-corrected chi connectivity index (χ2v) is 9.07. The Kier molecular flexibility index (Phi) is 17.9. The van der Waals surface area contributed by atoms with Crippen LogP contribution in [-0.2, 0) is 131 Å². The minimum absolute atomic E-state index is 0. The normalized spacial score (nSPS) is 10.9. The number of hydrogen-bond acceptors (Lipinski definition) is 2. The maximum absolute atomic E-state index is 3.31. The van der Waals surface area contributed by atoms with E-state index < -0.39 is 0 Å². The molecule has 0 saturated carbocycles. The van der Waals surface area contributed by atoms with Crippen molar-refractivity contribution in [3.8, 4) is 32.1 Å². The third kappa shape index (κ3) is 9.58. The van der Waals surface area contributed by atoms with E-state index in [2.05, 4.69) is 82.5 Å². The summed E-state index contributed by atoms with van der Waals surface area (Å²) in [4.78, 5) is 5.65. The Labute approximate surface area is 322 Å². The van der Waals surface area contributed by atoms with Crippen molar-refractivity contribution in [3.05, 3.63) is 126 Å². The fourth-order valence-corrected chi connectivity index (χ4v) is 4.81. The van der Waals surface area contributed by atoms with Gasteiger partial charge in [0, 0.05) is 131 Å². The second-order valence-electron chi connectivity index (χ2n) is 7.17. The van der Waals surface area contributed by atoms with Gasteiger partial charge in [-0.2, -0.15) is 5.57 Å². The molecule has 0 unspecified atom stereocenters. The summed E-state index contributed by atoms with van der Waals surface area (Å²) in [6.07, 6.45) is 9.30. The third-order valence-corrected chi connectivity index (χ3v) is 6.87. The molecule has 0 saturated heterocycles. The molecule has 1 nitrogen and oxygen atoms in total. The van der Waals surface area contributed by atoms with Crippen molar-refractivity contribution < 1.29 is 131 Å². The van der Waals surface area contributed by atoms with E-state index in [0.29, 0.717) is 0 Å². The van der Waals surface area contributed by atoms with Gasteiger partial charge in [0.05, 0.1) is 0 Å². The van der Waals surface area contributed by atoms with Gasteiger partial charge in [0.2, 0.25) is 0 Å². The van der Waals surface area contributed by atoms with Gasteiger partial charge in [0.15, 0.2) is 0 Å². The molecule has 3 aromatic heterocycles. The molecule has 6 rings (SSSR count). The maximum atomic E-state index is 3.31. The molecule has 7 heteroatoms. The van der Waals surface area contributed by atoms with E-state index in [1.165, 1.54) is 15.3 Å². The van der Waals surface area contributed by atoms with E-state index in [0.717, 1.165) is 34.4 Å². The van der Waals surface area contributed by atoms with Crippen molar-refractivity contribution in [3.63, 3.8) is 0 Å². The second kappa shape index (κ2) is 18.4. The van der Waals surface area contributed by atoms with Crippen molar-refractivity contribution >= 4 is 28.2 Å². The van der Waals surface area contributed by atoms with Crippen LogP contribution in [0.3, 0.4) is 0 Å². The number of H-pyrrole nitrogens is 1. The van der Waals surface area contributed by atoms with Crippen LogP contribution in [0, 0.1) is 24.3 Å².